The van der Waals surface area contributed by atoms with Crippen LogP contribution in [0.3, 0.4) is 0 Å². The van der Waals surface area contributed by atoms with Crippen molar-refractivity contribution in [3.8, 4) is 17.2 Å². The van der Waals surface area contributed by atoms with E-state index in [1.54, 1.807) is 10.6 Å². The maximum atomic E-state index is 9.22. The number of para-hydroxylation sites is 1. The fraction of sp³-hybridized carbons (Fsp3) is 0. The van der Waals surface area contributed by atoms with Crippen molar-refractivity contribution in [2.75, 3.05) is 5.32 Å². The zero-order chi connectivity index (χ0) is 18.2. The molecule has 3 heterocycles. The van der Waals surface area contributed by atoms with E-state index in [1.807, 2.05) is 42.7 Å². The number of pyridine rings is 1. The number of hydrogen-bond acceptors (Lipinski definition) is 4. The Bertz CT molecular complexity index is 1320. The van der Waals surface area contributed by atoms with Crippen LogP contribution in [0.15, 0.2) is 73.1 Å². The monoisotopic (exact) mass is 350 g/mol. The fourth-order valence-corrected chi connectivity index (χ4v) is 3.15. The van der Waals surface area contributed by atoms with Crippen LogP contribution in [-0.4, -0.2) is 19.6 Å². The van der Waals surface area contributed by atoms with Crippen molar-refractivity contribution in [3.63, 3.8) is 0 Å². The number of nitrogens with zero attached hydrogens (tertiary/aromatic N) is 4. The van der Waals surface area contributed by atoms with Crippen LogP contribution in [-0.2, 0) is 0 Å². The summed E-state index contributed by atoms with van der Waals surface area (Å²) in [6, 6.07) is 21.8. The van der Waals surface area contributed by atoms with Gasteiger partial charge in [0.25, 0.3) is 0 Å². The van der Waals surface area contributed by atoms with Gasteiger partial charge >= 0.3 is 0 Å². The Balaban J connectivity index is 1.52. The SMILES string of the molecule is N#Cc1ccccc1Nc1nc2ccc(-c3ccc4[nH]ccc4c3)cn2n1. The molecule has 128 valence electrons. The molecule has 27 heavy (non-hydrogen) atoms. The van der Waals surface area contributed by atoms with Gasteiger partial charge in [-0.15, -0.1) is 5.10 Å². The third-order valence-electron chi connectivity index (χ3n) is 4.51. The molecule has 0 saturated carbocycles. The van der Waals surface area contributed by atoms with Crippen LogP contribution in [0, 0.1) is 11.3 Å². The number of nitrogens with one attached hydrogen (secondary N) is 2. The van der Waals surface area contributed by atoms with Gasteiger partial charge in [0.05, 0.1) is 11.3 Å². The van der Waals surface area contributed by atoms with Crippen LogP contribution < -0.4 is 5.32 Å². The summed E-state index contributed by atoms with van der Waals surface area (Å²) in [4.78, 5) is 7.69. The van der Waals surface area contributed by atoms with Gasteiger partial charge in [0.1, 0.15) is 6.07 Å². The number of benzene rings is 2. The lowest BCUT2D eigenvalue weighted by Crippen LogP contribution is -1.95. The van der Waals surface area contributed by atoms with Crippen molar-refractivity contribution in [3.05, 3.63) is 78.6 Å². The van der Waals surface area contributed by atoms with Gasteiger partial charge in [-0.3, -0.25) is 0 Å². The largest absolute Gasteiger partial charge is 0.361 e. The second-order valence-electron chi connectivity index (χ2n) is 6.22. The first kappa shape index (κ1) is 15.2. The van der Waals surface area contributed by atoms with Crippen molar-refractivity contribution >= 4 is 28.2 Å². The molecule has 2 N–H and O–H groups in total. The van der Waals surface area contributed by atoms with Gasteiger partial charge in [0.15, 0.2) is 5.65 Å². The van der Waals surface area contributed by atoms with E-state index in [0.717, 1.165) is 22.3 Å². The van der Waals surface area contributed by atoms with E-state index in [0.29, 0.717) is 17.2 Å². The number of H-pyrrole nitrogens is 1. The lowest BCUT2D eigenvalue weighted by Gasteiger charge is -2.03. The zero-order valence-corrected chi connectivity index (χ0v) is 14.2. The smallest absolute Gasteiger partial charge is 0.247 e. The Hall–Kier alpha value is -4.11. The third kappa shape index (κ3) is 2.68. The predicted octanol–water partition coefficient (Wildman–Crippen LogP) is 4.49. The van der Waals surface area contributed by atoms with Crippen LogP contribution in [0.5, 0.6) is 0 Å². The molecular weight excluding hydrogens is 336 g/mol. The summed E-state index contributed by atoms with van der Waals surface area (Å²) in [6.07, 6.45) is 3.89. The van der Waals surface area contributed by atoms with Gasteiger partial charge < -0.3 is 10.3 Å². The van der Waals surface area contributed by atoms with Gasteiger partial charge in [0, 0.05) is 23.5 Å². The summed E-state index contributed by atoms with van der Waals surface area (Å²) >= 11 is 0. The van der Waals surface area contributed by atoms with E-state index in [2.05, 4.69) is 50.7 Å². The number of aromatic nitrogens is 4. The Labute approximate surface area is 154 Å². The highest BCUT2D eigenvalue weighted by atomic mass is 15.3. The molecule has 0 bridgehead atoms. The molecule has 5 rings (SSSR count). The molecule has 0 radical (unpaired) electrons. The van der Waals surface area contributed by atoms with E-state index in [4.69, 9.17) is 0 Å². The molecule has 0 fully saturated rings. The lowest BCUT2D eigenvalue weighted by atomic mass is 10.1. The average molecular weight is 350 g/mol. The topological polar surface area (TPSA) is 81.8 Å². The summed E-state index contributed by atoms with van der Waals surface area (Å²) < 4.78 is 1.74. The highest BCUT2D eigenvalue weighted by molar-refractivity contribution is 5.85. The van der Waals surface area contributed by atoms with Crippen LogP contribution in [0.4, 0.5) is 11.6 Å². The predicted molar refractivity (Wildman–Crippen MR) is 105 cm³/mol. The highest BCUT2D eigenvalue weighted by Gasteiger charge is 2.08. The van der Waals surface area contributed by atoms with E-state index < -0.39 is 0 Å². The summed E-state index contributed by atoms with van der Waals surface area (Å²) in [5.74, 6) is 0.455. The lowest BCUT2D eigenvalue weighted by molar-refractivity contribution is 0.967. The number of nitriles is 1. The van der Waals surface area contributed by atoms with Crippen LogP contribution in [0.25, 0.3) is 27.7 Å². The zero-order valence-electron chi connectivity index (χ0n) is 14.2. The minimum absolute atomic E-state index is 0.455. The van der Waals surface area contributed by atoms with E-state index in [9.17, 15) is 5.26 Å². The number of aromatic amines is 1. The van der Waals surface area contributed by atoms with Crippen LogP contribution in [0.1, 0.15) is 5.56 Å². The van der Waals surface area contributed by atoms with E-state index in [-0.39, 0.29) is 0 Å². The van der Waals surface area contributed by atoms with Gasteiger partial charge in [-0.1, -0.05) is 18.2 Å². The van der Waals surface area contributed by atoms with Crippen molar-refractivity contribution in [1.29, 1.82) is 5.26 Å². The molecule has 0 saturated heterocycles. The quantitative estimate of drug-likeness (QED) is 0.502. The summed E-state index contributed by atoms with van der Waals surface area (Å²) in [6.45, 7) is 0. The maximum Gasteiger partial charge on any atom is 0.247 e. The second kappa shape index (κ2) is 6.00. The van der Waals surface area contributed by atoms with Crippen molar-refractivity contribution < 1.29 is 0 Å². The van der Waals surface area contributed by atoms with Crippen molar-refractivity contribution in [2.24, 2.45) is 0 Å². The second-order valence-corrected chi connectivity index (χ2v) is 6.22. The first-order chi connectivity index (χ1) is 13.3. The molecular formula is C21H14N6. The number of fused-ring (bicyclic) bond motifs is 2. The number of rotatable bonds is 3. The molecule has 2 aromatic carbocycles. The standard InChI is InChI=1S/C21H14N6/c22-12-16-3-1-2-4-19(16)24-21-25-20-8-6-17(13-27(20)26-21)14-5-7-18-15(11-14)9-10-23-18/h1-11,13,23H,(H,24,26). The fourth-order valence-electron chi connectivity index (χ4n) is 3.15. The highest BCUT2D eigenvalue weighted by Crippen LogP contribution is 2.25. The van der Waals surface area contributed by atoms with Crippen molar-refractivity contribution in [2.45, 2.75) is 0 Å². The van der Waals surface area contributed by atoms with Gasteiger partial charge in [-0.05, 0) is 53.4 Å². The molecule has 3 aromatic heterocycles. The first-order valence-corrected chi connectivity index (χ1v) is 8.50. The molecule has 0 unspecified atom stereocenters. The maximum absolute atomic E-state index is 9.22. The third-order valence-corrected chi connectivity index (χ3v) is 4.51. The van der Waals surface area contributed by atoms with Crippen molar-refractivity contribution in [1.82, 2.24) is 19.6 Å². The summed E-state index contributed by atoms with van der Waals surface area (Å²) in [5, 5.41) is 18.0. The normalized spacial score (nSPS) is 10.9. The first-order valence-electron chi connectivity index (χ1n) is 8.50. The molecule has 0 aliphatic rings. The molecule has 0 spiro atoms. The summed E-state index contributed by atoms with van der Waals surface area (Å²) in [7, 11) is 0. The molecule has 6 heteroatoms. The molecule has 0 amide bonds. The Morgan fingerprint density at radius 2 is 1.89 bits per heavy atom. The molecule has 0 aliphatic carbocycles. The van der Waals surface area contributed by atoms with Crippen LogP contribution in [0.2, 0.25) is 0 Å². The number of hydrogen-bond donors (Lipinski definition) is 2. The number of anilines is 2. The van der Waals surface area contributed by atoms with Gasteiger partial charge in [-0.2, -0.15) is 10.2 Å². The molecule has 0 aliphatic heterocycles. The van der Waals surface area contributed by atoms with Gasteiger partial charge in [0.2, 0.25) is 5.95 Å². The van der Waals surface area contributed by atoms with Gasteiger partial charge in [-0.25, -0.2) is 4.52 Å². The minimum Gasteiger partial charge on any atom is -0.361 e. The Morgan fingerprint density at radius 1 is 1.00 bits per heavy atom. The van der Waals surface area contributed by atoms with E-state index >= 15 is 0 Å². The van der Waals surface area contributed by atoms with Crippen LogP contribution >= 0.6 is 0 Å². The van der Waals surface area contributed by atoms with E-state index in [1.165, 1.54) is 5.39 Å². The molecule has 0 atom stereocenters. The summed E-state index contributed by atoms with van der Waals surface area (Å²) in [5.41, 5.74) is 5.26. The average Bonchev–Trinajstić information content (AvgIpc) is 3.33. The molecule has 5 aromatic rings. The minimum atomic E-state index is 0.455. The Kier molecular flexibility index (Phi) is 3.37. The molecule has 6 nitrogen and oxygen atoms in total. The Morgan fingerprint density at radius 3 is 2.81 bits per heavy atom.